The third-order valence-corrected chi connectivity index (χ3v) is 3.88. The molecule has 20 heavy (non-hydrogen) atoms. The molecular weight excluding hydrogens is 248 g/mol. The summed E-state index contributed by atoms with van der Waals surface area (Å²) in [5.41, 5.74) is 0. The molecule has 1 unspecified atom stereocenters. The van der Waals surface area contributed by atoms with Crippen LogP contribution in [0.5, 0.6) is 0 Å². The Morgan fingerprint density at radius 2 is 1.50 bits per heavy atom. The summed E-state index contributed by atoms with van der Waals surface area (Å²) in [6.07, 6.45) is 18.6. The fourth-order valence-corrected chi connectivity index (χ4v) is 2.53. The van der Waals surface area contributed by atoms with Crippen LogP contribution in [0.15, 0.2) is 12.2 Å². The lowest BCUT2D eigenvalue weighted by Crippen LogP contribution is -1.95. The van der Waals surface area contributed by atoms with E-state index >= 15 is 0 Å². The van der Waals surface area contributed by atoms with E-state index in [1.54, 1.807) is 6.08 Å². The summed E-state index contributed by atoms with van der Waals surface area (Å²) in [7, 11) is 0. The zero-order valence-electron chi connectivity index (χ0n) is 13.6. The van der Waals surface area contributed by atoms with Gasteiger partial charge in [-0.15, -0.1) is 0 Å². The zero-order chi connectivity index (χ0) is 15.1. The average molecular weight is 282 g/mol. The van der Waals surface area contributed by atoms with Crippen molar-refractivity contribution in [3.63, 3.8) is 0 Å². The molecule has 1 atom stereocenters. The van der Waals surface area contributed by atoms with E-state index in [-0.39, 0.29) is 0 Å². The highest BCUT2D eigenvalue weighted by atomic mass is 16.4. The maximum Gasteiger partial charge on any atom is 0.327 e. The lowest BCUT2D eigenvalue weighted by atomic mass is 9.96. The molecule has 118 valence electrons. The minimum absolute atomic E-state index is 0.835. The van der Waals surface area contributed by atoms with E-state index in [0.29, 0.717) is 0 Å². The molecule has 0 rings (SSSR count). The maximum absolute atomic E-state index is 10.3. The molecule has 0 bridgehead atoms. The second-order valence-electron chi connectivity index (χ2n) is 6.04. The quantitative estimate of drug-likeness (QED) is 0.315. The molecule has 0 spiro atoms. The van der Waals surface area contributed by atoms with Crippen LogP contribution in [-0.4, -0.2) is 11.1 Å². The van der Waals surface area contributed by atoms with Crippen LogP contribution in [0.1, 0.15) is 90.9 Å². The molecule has 0 aliphatic heterocycles. The Bertz CT molecular complexity index is 246. The summed E-state index contributed by atoms with van der Waals surface area (Å²) >= 11 is 0. The van der Waals surface area contributed by atoms with Crippen molar-refractivity contribution in [2.45, 2.75) is 90.9 Å². The average Bonchev–Trinajstić information content (AvgIpc) is 2.41. The molecule has 2 heteroatoms. The predicted molar refractivity (Wildman–Crippen MR) is 87.0 cm³/mol. The first-order valence-electron chi connectivity index (χ1n) is 8.56. The van der Waals surface area contributed by atoms with Crippen LogP contribution < -0.4 is 0 Å². The van der Waals surface area contributed by atoms with Crippen molar-refractivity contribution >= 4 is 5.97 Å². The number of allylic oxidation sites excluding steroid dienone is 1. The molecule has 0 heterocycles. The fraction of sp³-hybridized carbons (Fsp3) is 0.833. The van der Waals surface area contributed by atoms with Gasteiger partial charge in [0.2, 0.25) is 0 Å². The third-order valence-electron chi connectivity index (χ3n) is 3.88. The molecule has 2 nitrogen and oxygen atoms in total. The topological polar surface area (TPSA) is 37.3 Å². The number of aliphatic carboxylic acids is 1. The van der Waals surface area contributed by atoms with E-state index in [2.05, 4.69) is 13.8 Å². The summed E-state index contributed by atoms with van der Waals surface area (Å²) in [6, 6.07) is 0. The molecule has 0 aromatic carbocycles. The van der Waals surface area contributed by atoms with E-state index < -0.39 is 5.97 Å². The van der Waals surface area contributed by atoms with E-state index in [1.807, 2.05) is 0 Å². The van der Waals surface area contributed by atoms with Crippen molar-refractivity contribution in [3.05, 3.63) is 12.2 Å². The lowest BCUT2D eigenvalue weighted by Gasteiger charge is -2.10. The number of carboxylic acids is 1. The molecule has 0 radical (unpaired) electrons. The van der Waals surface area contributed by atoms with Gasteiger partial charge < -0.3 is 5.11 Å². The Labute approximate surface area is 125 Å². The number of unbranched alkanes of at least 4 members (excludes halogenated alkanes) is 8. The minimum Gasteiger partial charge on any atom is -0.478 e. The van der Waals surface area contributed by atoms with Crippen LogP contribution in [0.2, 0.25) is 0 Å². The Kier molecular flexibility index (Phi) is 14.0. The second kappa shape index (κ2) is 14.6. The highest BCUT2D eigenvalue weighted by molar-refractivity contribution is 5.79. The van der Waals surface area contributed by atoms with Gasteiger partial charge in [0.25, 0.3) is 0 Å². The van der Waals surface area contributed by atoms with Gasteiger partial charge in [-0.05, 0) is 18.8 Å². The number of carbonyl (C=O) groups is 1. The van der Waals surface area contributed by atoms with Crippen molar-refractivity contribution < 1.29 is 9.90 Å². The third kappa shape index (κ3) is 15.3. The van der Waals surface area contributed by atoms with E-state index in [4.69, 9.17) is 5.11 Å². The number of rotatable bonds is 14. The highest BCUT2D eigenvalue weighted by Crippen LogP contribution is 2.18. The number of carboxylic acid groups (broad SMARTS) is 1. The molecule has 0 saturated heterocycles. The normalized spacial score (nSPS) is 12.9. The monoisotopic (exact) mass is 282 g/mol. The Morgan fingerprint density at radius 3 is 2.05 bits per heavy atom. The Morgan fingerprint density at radius 1 is 0.950 bits per heavy atom. The molecule has 0 aliphatic rings. The standard InChI is InChI=1S/C18H34O2/c1-3-4-5-8-11-14-17(2)15-12-9-6-7-10-13-16-18(19)20/h13,16-17H,3-12,14-15H2,1-2H3,(H,19,20)/b16-13-. The van der Waals surface area contributed by atoms with Crippen molar-refractivity contribution in [2.75, 3.05) is 0 Å². The van der Waals surface area contributed by atoms with Crippen molar-refractivity contribution in [3.8, 4) is 0 Å². The fourth-order valence-electron chi connectivity index (χ4n) is 2.53. The largest absolute Gasteiger partial charge is 0.478 e. The van der Waals surface area contributed by atoms with Crippen molar-refractivity contribution in [1.82, 2.24) is 0 Å². The minimum atomic E-state index is -0.835. The van der Waals surface area contributed by atoms with Crippen LogP contribution in [0.25, 0.3) is 0 Å². The van der Waals surface area contributed by atoms with Crippen LogP contribution in [-0.2, 0) is 4.79 Å². The Hall–Kier alpha value is -0.790. The van der Waals surface area contributed by atoms with E-state index in [0.717, 1.165) is 18.8 Å². The maximum atomic E-state index is 10.3. The van der Waals surface area contributed by atoms with Gasteiger partial charge in [-0.3, -0.25) is 0 Å². The molecule has 0 amide bonds. The summed E-state index contributed by atoms with van der Waals surface area (Å²) in [6.45, 7) is 4.65. The first kappa shape index (κ1) is 19.2. The van der Waals surface area contributed by atoms with Crippen LogP contribution in [0, 0.1) is 5.92 Å². The predicted octanol–water partition coefficient (Wildman–Crippen LogP) is 5.96. The summed E-state index contributed by atoms with van der Waals surface area (Å²) in [4.78, 5) is 10.3. The van der Waals surface area contributed by atoms with Gasteiger partial charge in [0.05, 0.1) is 0 Å². The summed E-state index contributed by atoms with van der Waals surface area (Å²) in [5.74, 6) is 0.0429. The van der Waals surface area contributed by atoms with E-state index in [9.17, 15) is 4.79 Å². The molecule has 1 N–H and O–H groups in total. The highest BCUT2D eigenvalue weighted by Gasteiger charge is 2.01. The van der Waals surface area contributed by atoms with Gasteiger partial charge in [0.15, 0.2) is 0 Å². The van der Waals surface area contributed by atoms with Gasteiger partial charge >= 0.3 is 5.97 Å². The lowest BCUT2D eigenvalue weighted by molar-refractivity contribution is -0.131. The van der Waals surface area contributed by atoms with Crippen LogP contribution >= 0.6 is 0 Å². The summed E-state index contributed by atoms with van der Waals surface area (Å²) < 4.78 is 0. The van der Waals surface area contributed by atoms with Crippen LogP contribution in [0.4, 0.5) is 0 Å². The number of hydrogen-bond donors (Lipinski definition) is 1. The first-order chi connectivity index (χ1) is 9.66. The molecule has 0 aromatic heterocycles. The molecule has 0 fully saturated rings. The zero-order valence-corrected chi connectivity index (χ0v) is 13.6. The van der Waals surface area contributed by atoms with Gasteiger partial charge in [-0.1, -0.05) is 84.1 Å². The second-order valence-corrected chi connectivity index (χ2v) is 6.04. The van der Waals surface area contributed by atoms with E-state index in [1.165, 1.54) is 70.3 Å². The van der Waals surface area contributed by atoms with Gasteiger partial charge in [-0.25, -0.2) is 4.79 Å². The Balaban J connectivity index is 3.22. The van der Waals surface area contributed by atoms with Crippen molar-refractivity contribution in [1.29, 1.82) is 0 Å². The number of hydrogen-bond acceptors (Lipinski definition) is 1. The van der Waals surface area contributed by atoms with Gasteiger partial charge in [-0.2, -0.15) is 0 Å². The van der Waals surface area contributed by atoms with Crippen molar-refractivity contribution in [2.24, 2.45) is 5.92 Å². The van der Waals surface area contributed by atoms with Gasteiger partial charge in [0, 0.05) is 6.08 Å². The van der Waals surface area contributed by atoms with Crippen LogP contribution in [0.3, 0.4) is 0 Å². The molecule has 0 aromatic rings. The molecule has 0 saturated carbocycles. The first-order valence-corrected chi connectivity index (χ1v) is 8.56. The molecular formula is C18H34O2. The molecule has 0 aliphatic carbocycles. The summed E-state index contributed by atoms with van der Waals surface area (Å²) in [5, 5.41) is 8.45. The SMILES string of the molecule is CCCCCCCC(C)CCCCCC/C=C\C(=O)O. The smallest absolute Gasteiger partial charge is 0.327 e. The van der Waals surface area contributed by atoms with Gasteiger partial charge in [0.1, 0.15) is 0 Å².